The van der Waals surface area contributed by atoms with Crippen LogP contribution >= 0.6 is 0 Å². The van der Waals surface area contributed by atoms with Crippen LogP contribution in [0.1, 0.15) is 23.3 Å². The Morgan fingerprint density at radius 3 is 2.78 bits per heavy atom. The summed E-state index contributed by atoms with van der Waals surface area (Å²) < 4.78 is 7.02. The van der Waals surface area contributed by atoms with Gasteiger partial charge in [0.25, 0.3) is 5.91 Å². The monoisotopic (exact) mass is 318 g/mol. The van der Waals surface area contributed by atoms with Crippen molar-refractivity contribution in [1.82, 2.24) is 20.1 Å². The Bertz CT molecular complexity index is 697. The quantitative estimate of drug-likeness (QED) is 0.822. The van der Waals surface area contributed by atoms with Crippen LogP contribution in [-0.2, 0) is 11.8 Å². The standard InChI is InChI=1S/C16H22N4O3/c1-19-12-4-9-23-14(12)10-13(19)16(22)18-11-15(21)17-5-8-20-6-2-3-7-20/h4,9-10H,2-3,5-8,11H2,1H3,(H,17,21)(H,18,22). The molecule has 23 heavy (non-hydrogen) atoms. The summed E-state index contributed by atoms with van der Waals surface area (Å²) in [6, 6.07) is 3.48. The van der Waals surface area contributed by atoms with Crippen molar-refractivity contribution < 1.29 is 14.0 Å². The Hall–Kier alpha value is -2.28. The average Bonchev–Trinajstić information content (AvgIpc) is 3.24. The normalized spacial score (nSPS) is 15.2. The second-order valence-corrected chi connectivity index (χ2v) is 5.84. The largest absolute Gasteiger partial charge is 0.463 e. The van der Waals surface area contributed by atoms with Gasteiger partial charge in [0.2, 0.25) is 5.91 Å². The summed E-state index contributed by atoms with van der Waals surface area (Å²) in [4.78, 5) is 26.3. The SMILES string of the molecule is Cn1c(C(=O)NCC(=O)NCCN2CCCC2)cc2occc21. The van der Waals surface area contributed by atoms with Crippen LogP contribution in [0.4, 0.5) is 0 Å². The highest BCUT2D eigenvalue weighted by Crippen LogP contribution is 2.19. The van der Waals surface area contributed by atoms with Crippen molar-refractivity contribution >= 4 is 22.9 Å². The molecule has 0 atom stereocenters. The lowest BCUT2D eigenvalue weighted by molar-refractivity contribution is -0.120. The van der Waals surface area contributed by atoms with Gasteiger partial charge in [-0.1, -0.05) is 0 Å². The van der Waals surface area contributed by atoms with Gasteiger partial charge in [0, 0.05) is 32.3 Å². The molecule has 2 amide bonds. The molecular formula is C16H22N4O3. The number of hydrogen-bond acceptors (Lipinski definition) is 4. The maximum Gasteiger partial charge on any atom is 0.268 e. The number of carbonyl (C=O) groups excluding carboxylic acids is 2. The average molecular weight is 318 g/mol. The van der Waals surface area contributed by atoms with Crippen LogP contribution in [0.3, 0.4) is 0 Å². The van der Waals surface area contributed by atoms with Crippen molar-refractivity contribution in [2.75, 3.05) is 32.7 Å². The first-order valence-corrected chi connectivity index (χ1v) is 7.95. The maximum absolute atomic E-state index is 12.2. The van der Waals surface area contributed by atoms with E-state index in [1.165, 1.54) is 12.8 Å². The van der Waals surface area contributed by atoms with Crippen molar-refractivity contribution in [1.29, 1.82) is 0 Å². The summed E-state index contributed by atoms with van der Waals surface area (Å²) in [5.74, 6) is -0.455. The predicted molar refractivity (Wildman–Crippen MR) is 86.2 cm³/mol. The van der Waals surface area contributed by atoms with Crippen molar-refractivity contribution in [3.05, 3.63) is 24.1 Å². The molecule has 0 bridgehead atoms. The first-order chi connectivity index (χ1) is 11.1. The molecule has 2 aromatic heterocycles. The summed E-state index contributed by atoms with van der Waals surface area (Å²) in [7, 11) is 1.79. The molecule has 1 aliphatic heterocycles. The van der Waals surface area contributed by atoms with Crippen LogP contribution in [0, 0.1) is 0 Å². The molecule has 1 fully saturated rings. The number of hydrogen-bond donors (Lipinski definition) is 2. The fraction of sp³-hybridized carbons (Fsp3) is 0.500. The number of carbonyl (C=O) groups is 2. The Labute approximate surface area is 134 Å². The summed E-state index contributed by atoms with van der Waals surface area (Å²) in [5, 5.41) is 5.47. The second-order valence-electron chi connectivity index (χ2n) is 5.84. The Kier molecular flexibility index (Phi) is 4.66. The number of rotatable bonds is 6. The lowest BCUT2D eigenvalue weighted by Crippen LogP contribution is -2.40. The topological polar surface area (TPSA) is 79.5 Å². The fourth-order valence-electron chi connectivity index (χ4n) is 2.94. The zero-order chi connectivity index (χ0) is 16.2. The van der Waals surface area contributed by atoms with E-state index >= 15 is 0 Å². The van der Waals surface area contributed by atoms with Gasteiger partial charge >= 0.3 is 0 Å². The van der Waals surface area contributed by atoms with Gasteiger partial charge in [0.05, 0.1) is 18.3 Å². The number of fused-ring (bicyclic) bond motifs is 1. The third-order valence-corrected chi connectivity index (χ3v) is 4.25. The molecule has 0 unspecified atom stereocenters. The highest BCUT2D eigenvalue weighted by atomic mass is 16.3. The molecule has 124 valence electrons. The van der Waals surface area contributed by atoms with E-state index in [0.717, 1.165) is 25.2 Å². The Balaban J connectivity index is 1.43. The van der Waals surface area contributed by atoms with Gasteiger partial charge in [-0.25, -0.2) is 0 Å². The van der Waals surface area contributed by atoms with E-state index < -0.39 is 0 Å². The molecule has 1 saturated heterocycles. The molecule has 0 radical (unpaired) electrons. The molecule has 0 aromatic carbocycles. The van der Waals surface area contributed by atoms with Gasteiger partial charge in [-0.05, 0) is 25.9 Å². The van der Waals surface area contributed by atoms with E-state index in [2.05, 4.69) is 15.5 Å². The van der Waals surface area contributed by atoms with E-state index in [1.54, 1.807) is 30.0 Å². The van der Waals surface area contributed by atoms with Crippen molar-refractivity contribution in [3.8, 4) is 0 Å². The van der Waals surface area contributed by atoms with E-state index in [1.807, 2.05) is 0 Å². The molecule has 7 heteroatoms. The molecular weight excluding hydrogens is 296 g/mol. The maximum atomic E-state index is 12.2. The zero-order valence-corrected chi connectivity index (χ0v) is 13.3. The van der Waals surface area contributed by atoms with Crippen molar-refractivity contribution in [2.45, 2.75) is 12.8 Å². The number of likely N-dealkylation sites (tertiary alicyclic amines) is 1. The molecule has 3 rings (SSSR count). The van der Waals surface area contributed by atoms with Gasteiger partial charge in [-0.3, -0.25) is 9.59 Å². The van der Waals surface area contributed by atoms with Gasteiger partial charge in [0.15, 0.2) is 5.58 Å². The van der Waals surface area contributed by atoms with Crippen LogP contribution in [0.2, 0.25) is 0 Å². The first-order valence-electron chi connectivity index (χ1n) is 7.95. The van der Waals surface area contributed by atoms with E-state index in [-0.39, 0.29) is 18.4 Å². The lowest BCUT2D eigenvalue weighted by atomic mass is 10.4. The molecule has 0 aliphatic carbocycles. The highest BCUT2D eigenvalue weighted by Gasteiger charge is 2.16. The molecule has 0 spiro atoms. The number of nitrogens with one attached hydrogen (secondary N) is 2. The third kappa shape index (κ3) is 3.56. The summed E-state index contributed by atoms with van der Waals surface area (Å²) in [6.45, 7) is 3.69. The molecule has 7 nitrogen and oxygen atoms in total. The van der Waals surface area contributed by atoms with Gasteiger partial charge in [-0.2, -0.15) is 0 Å². The second kappa shape index (κ2) is 6.87. The van der Waals surface area contributed by atoms with Crippen LogP contribution in [-0.4, -0.2) is 54.0 Å². The lowest BCUT2D eigenvalue weighted by Gasteiger charge is -2.14. The molecule has 2 aromatic rings. The van der Waals surface area contributed by atoms with Crippen LogP contribution in [0.25, 0.3) is 11.1 Å². The molecule has 0 saturated carbocycles. The third-order valence-electron chi connectivity index (χ3n) is 4.25. The zero-order valence-electron chi connectivity index (χ0n) is 13.3. The smallest absolute Gasteiger partial charge is 0.268 e. The van der Waals surface area contributed by atoms with Gasteiger partial charge in [-0.15, -0.1) is 0 Å². The Morgan fingerprint density at radius 1 is 1.26 bits per heavy atom. The molecule has 3 heterocycles. The number of amides is 2. The minimum atomic E-state index is -0.284. The molecule has 2 N–H and O–H groups in total. The van der Waals surface area contributed by atoms with E-state index in [0.29, 0.717) is 17.8 Å². The number of nitrogens with zero attached hydrogens (tertiary/aromatic N) is 2. The summed E-state index contributed by atoms with van der Waals surface area (Å²) >= 11 is 0. The minimum absolute atomic E-state index is 0.0224. The van der Waals surface area contributed by atoms with E-state index in [9.17, 15) is 9.59 Å². The number of furan rings is 1. The van der Waals surface area contributed by atoms with Crippen molar-refractivity contribution in [2.24, 2.45) is 7.05 Å². The number of aromatic nitrogens is 1. The van der Waals surface area contributed by atoms with Crippen LogP contribution in [0.5, 0.6) is 0 Å². The van der Waals surface area contributed by atoms with Crippen LogP contribution in [0.15, 0.2) is 22.8 Å². The van der Waals surface area contributed by atoms with Gasteiger partial charge in [0.1, 0.15) is 5.69 Å². The fourth-order valence-corrected chi connectivity index (χ4v) is 2.94. The minimum Gasteiger partial charge on any atom is -0.463 e. The highest BCUT2D eigenvalue weighted by molar-refractivity contribution is 5.99. The van der Waals surface area contributed by atoms with Crippen LogP contribution < -0.4 is 10.6 Å². The first kappa shape index (κ1) is 15.6. The van der Waals surface area contributed by atoms with E-state index in [4.69, 9.17) is 4.42 Å². The van der Waals surface area contributed by atoms with Crippen molar-refractivity contribution in [3.63, 3.8) is 0 Å². The number of aryl methyl sites for hydroxylation is 1. The summed E-state index contributed by atoms with van der Waals surface area (Å²) in [5.41, 5.74) is 1.99. The van der Waals surface area contributed by atoms with Gasteiger partial charge < -0.3 is 24.5 Å². The summed E-state index contributed by atoms with van der Waals surface area (Å²) in [6.07, 6.45) is 4.06. The Morgan fingerprint density at radius 2 is 2.04 bits per heavy atom. The molecule has 1 aliphatic rings. The predicted octanol–water partition coefficient (Wildman–Crippen LogP) is 0.713.